The van der Waals surface area contributed by atoms with Crippen molar-refractivity contribution in [3.05, 3.63) is 35.2 Å². The summed E-state index contributed by atoms with van der Waals surface area (Å²) in [5, 5.41) is 26.9. The fourth-order valence-electron chi connectivity index (χ4n) is 2.17. The van der Waals surface area contributed by atoms with Crippen LogP contribution < -0.4 is 5.32 Å². The first-order valence-corrected chi connectivity index (χ1v) is 6.18. The lowest BCUT2D eigenvalue weighted by Gasteiger charge is -2.17. The Bertz CT molecular complexity index is 605. The molecule has 0 aliphatic rings. The van der Waals surface area contributed by atoms with E-state index in [1.54, 1.807) is 12.1 Å². The third-order valence-corrected chi connectivity index (χ3v) is 3.35. The summed E-state index contributed by atoms with van der Waals surface area (Å²) in [5.41, 5.74) is 3.68. The van der Waals surface area contributed by atoms with E-state index in [-0.39, 0.29) is 17.5 Å². The minimum atomic E-state index is -0.0813. The number of anilines is 1. The van der Waals surface area contributed by atoms with Crippen molar-refractivity contribution in [2.45, 2.75) is 26.8 Å². The molecule has 1 heterocycles. The second-order valence-electron chi connectivity index (χ2n) is 4.78. The maximum Gasteiger partial charge on any atom is 0.124 e. The van der Waals surface area contributed by atoms with E-state index in [1.807, 2.05) is 32.5 Å². The molecule has 0 aliphatic heterocycles. The molecular formula is C14H19N3O2. The van der Waals surface area contributed by atoms with Crippen LogP contribution in [0, 0.1) is 13.8 Å². The summed E-state index contributed by atoms with van der Waals surface area (Å²) in [6.45, 7) is 5.89. The van der Waals surface area contributed by atoms with Crippen LogP contribution in [0.4, 0.5) is 5.69 Å². The molecule has 0 fully saturated rings. The molecule has 0 bridgehead atoms. The average molecular weight is 261 g/mol. The molecule has 0 spiro atoms. The van der Waals surface area contributed by atoms with Gasteiger partial charge in [0, 0.05) is 18.7 Å². The first kappa shape index (κ1) is 13.3. The molecule has 2 rings (SSSR count). The van der Waals surface area contributed by atoms with E-state index in [4.69, 9.17) is 0 Å². The molecule has 0 saturated carbocycles. The highest BCUT2D eigenvalue weighted by molar-refractivity contribution is 5.54. The van der Waals surface area contributed by atoms with Crippen LogP contribution in [0.15, 0.2) is 18.2 Å². The molecule has 1 atom stereocenters. The zero-order chi connectivity index (χ0) is 14.2. The summed E-state index contributed by atoms with van der Waals surface area (Å²) in [5.74, 6) is 0.140. The Kier molecular flexibility index (Phi) is 3.38. The Labute approximate surface area is 112 Å². The van der Waals surface area contributed by atoms with Crippen LogP contribution in [0.1, 0.15) is 29.9 Å². The van der Waals surface area contributed by atoms with Crippen LogP contribution >= 0.6 is 0 Å². The van der Waals surface area contributed by atoms with Gasteiger partial charge < -0.3 is 15.5 Å². The van der Waals surface area contributed by atoms with Crippen molar-refractivity contribution < 1.29 is 10.2 Å². The van der Waals surface area contributed by atoms with Gasteiger partial charge in [0.25, 0.3) is 0 Å². The number of phenolic OH excluding ortho intramolecular Hbond substituents is 2. The fraction of sp³-hybridized carbons (Fsp3) is 0.357. The van der Waals surface area contributed by atoms with Gasteiger partial charge in [-0.25, -0.2) is 0 Å². The predicted molar refractivity (Wildman–Crippen MR) is 74.5 cm³/mol. The minimum absolute atomic E-state index is 0.0576. The van der Waals surface area contributed by atoms with Gasteiger partial charge in [-0.1, -0.05) is 0 Å². The number of nitrogens with zero attached hydrogens (tertiary/aromatic N) is 2. The number of aromatic nitrogens is 2. The number of benzene rings is 1. The number of hydrogen-bond acceptors (Lipinski definition) is 4. The lowest BCUT2D eigenvalue weighted by Crippen LogP contribution is -2.08. The van der Waals surface area contributed by atoms with E-state index in [0.717, 1.165) is 22.6 Å². The Morgan fingerprint density at radius 2 is 1.95 bits per heavy atom. The first-order chi connectivity index (χ1) is 8.90. The molecule has 0 radical (unpaired) electrons. The highest BCUT2D eigenvalue weighted by Gasteiger charge is 2.15. The Hall–Kier alpha value is -2.17. The van der Waals surface area contributed by atoms with Gasteiger partial charge in [0.2, 0.25) is 0 Å². The smallest absolute Gasteiger partial charge is 0.124 e. The highest BCUT2D eigenvalue weighted by Crippen LogP contribution is 2.31. The van der Waals surface area contributed by atoms with Crippen molar-refractivity contribution in [2.75, 3.05) is 5.32 Å². The monoisotopic (exact) mass is 261 g/mol. The largest absolute Gasteiger partial charge is 0.508 e. The number of nitrogens with one attached hydrogen (secondary N) is 1. The molecular weight excluding hydrogens is 242 g/mol. The fourth-order valence-corrected chi connectivity index (χ4v) is 2.17. The summed E-state index contributed by atoms with van der Waals surface area (Å²) in [6.07, 6.45) is 0. The lowest BCUT2D eigenvalue weighted by molar-refractivity contribution is 0.444. The van der Waals surface area contributed by atoms with Crippen molar-refractivity contribution in [1.29, 1.82) is 0 Å². The second-order valence-corrected chi connectivity index (χ2v) is 4.78. The molecule has 0 aliphatic carbocycles. The van der Waals surface area contributed by atoms with E-state index < -0.39 is 0 Å². The molecule has 0 amide bonds. The Morgan fingerprint density at radius 3 is 2.47 bits per heavy atom. The van der Waals surface area contributed by atoms with E-state index in [1.165, 1.54) is 6.07 Å². The second kappa shape index (κ2) is 4.84. The molecule has 1 aromatic carbocycles. The summed E-state index contributed by atoms with van der Waals surface area (Å²) in [4.78, 5) is 0. The van der Waals surface area contributed by atoms with Gasteiger partial charge in [-0.15, -0.1) is 0 Å². The van der Waals surface area contributed by atoms with E-state index in [2.05, 4.69) is 10.4 Å². The third-order valence-electron chi connectivity index (χ3n) is 3.35. The molecule has 0 saturated heterocycles. The van der Waals surface area contributed by atoms with Crippen molar-refractivity contribution in [3.63, 3.8) is 0 Å². The maximum absolute atomic E-state index is 9.86. The third kappa shape index (κ3) is 2.50. The standard InChI is InChI=1S/C14H19N3O2/c1-8(12-6-5-11(18)7-13(12)19)15-14-9(2)16-17(4)10(14)3/h5-8,15,18-19H,1-4H3. The number of rotatable bonds is 3. The normalized spacial score (nSPS) is 12.4. The number of aromatic hydroxyl groups is 2. The average Bonchev–Trinajstić information content (AvgIpc) is 2.56. The molecule has 5 heteroatoms. The quantitative estimate of drug-likeness (QED) is 0.794. The van der Waals surface area contributed by atoms with Crippen molar-refractivity contribution in [2.24, 2.45) is 7.05 Å². The van der Waals surface area contributed by atoms with Gasteiger partial charge in [-0.3, -0.25) is 4.68 Å². The minimum Gasteiger partial charge on any atom is -0.508 e. The maximum atomic E-state index is 9.86. The topological polar surface area (TPSA) is 70.3 Å². The van der Waals surface area contributed by atoms with E-state index >= 15 is 0 Å². The molecule has 1 unspecified atom stereocenters. The van der Waals surface area contributed by atoms with Gasteiger partial charge >= 0.3 is 0 Å². The van der Waals surface area contributed by atoms with Crippen molar-refractivity contribution >= 4 is 5.69 Å². The number of phenols is 2. The Balaban J connectivity index is 2.28. The zero-order valence-corrected chi connectivity index (χ0v) is 11.6. The van der Waals surface area contributed by atoms with E-state index in [9.17, 15) is 10.2 Å². The molecule has 3 N–H and O–H groups in total. The van der Waals surface area contributed by atoms with E-state index in [0.29, 0.717) is 0 Å². The highest BCUT2D eigenvalue weighted by atomic mass is 16.3. The van der Waals surface area contributed by atoms with Crippen LogP contribution in [-0.4, -0.2) is 20.0 Å². The number of hydrogen-bond donors (Lipinski definition) is 3. The molecule has 102 valence electrons. The van der Waals surface area contributed by atoms with Gasteiger partial charge in [0.1, 0.15) is 11.5 Å². The van der Waals surface area contributed by atoms with Crippen LogP contribution in [0.3, 0.4) is 0 Å². The predicted octanol–water partition coefficient (Wildman–Crippen LogP) is 2.62. The van der Waals surface area contributed by atoms with Crippen LogP contribution in [0.25, 0.3) is 0 Å². The van der Waals surface area contributed by atoms with Gasteiger partial charge in [0.05, 0.1) is 23.1 Å². The Morgan fingerprint density at radius 1 is 1.26 bits per heavy atom. The van der Waals surface area contributed by atoms with Crippen LogP contribution in [0.2, 0.25) is 0 Å². The van der Waals surface area contributed by atoms with Crippen LogP contribution in [0.5, 0.6) is 11.5 Å². The lowest BCUT2D eigenvalue weighted by atomic mass is 10.1. The summed E-state index contributed by atoms with van der Waals surface area (Å²) in [7, 11) is 1.90. The van der Waals surface area contributed by atoms with Gasteiger partial charge in [-0.2, -0.15) is 5.10 Å². The molecule has 19 heavy (non-hydrogen) atoms. The van der Waals surface area contributed by atoms with Crippen LogP contribution in [-0.2, 0) is 7.05 Å². The van der Waals surface area contributed by atoms with Gasteiger partial charge in [0.15, 0.2) is 0 Å². The first-order valence-electron chi connectivity index (χ1n) is 6.18. The molecule has 2 aromatic rings. The van der Waals surface area contributed by atoms with Crippen molar-refractivity contribution in [3.8, 4) is 11.5 Å². The molecule has 1 aromatic heterocycles. The van der Waals surface area contributed by atoms with Gasteiger partial charge in [-0.05, 0) is 32.9 Å². The van der Waals surface area contributed by atoms with Crippen molar-refractivity contribution in [1.82, 2.24) is 9.78 Å². The zero-order valence-electron chi connectivity index (χ0n) is 11.6. The summed E-state index contributed by atoms with van der Waals surface area (Å²) >= 11 is 0. The summed E-state index contributed by atoms with van der Waals surface area (Å²) < 4.78 is 1.82. The molecule has 5 nitrogen and oxygen atoms in total. The summed E-state index contributed by atoms with van der Waals surface area (Å²) in [6, 6.07) is 4.54. The SMILES string of the molecule is Cc1nn(C)c(C)c1NC(C)c1ccc(O)cc1O. The number of aryl methyl sites for hydroxylation is 2.